The predicted octanol–water partition coefficient (Wildman–Crippen LogP) is 0.993. The van der Waals surface area contributed by atoms with Gasteiger partial charge >= 0.3 is 24.4 Å². The number of carbonyl (C=O) groups is 4. The molecule has 0 aromatic heterocycles. The van der Waals surface area contributed by atoms with Crippen molar-refractivity contribution in [2.45, 2.75) is 182 Å². The highest BCUT2D eigenvalue weighted by molar-refractivity contribution is 6.76. The average Bonchev–Trinajstić information content (AvgIpc) is 3.26. The molecule has 1 aromatic rings. The zero-order valence-electron chi connectivity index (χ0n) is 41.6. The standard InChI is InChI=1S/C44H78N4O19Si3/c1-68(2,3)18-15-60-42(57)46-26-21-27(47-43(58)61-16-19-69(4,5)6)38(67-40-35(54)34(53)32(51)28(64-40)22-45-41(56)63-24-25-13-11-10-12-14-25)36(55)37(26)66-39-33(52)30(31(50)29(23-49)65-39)48-44(59)62-17-20-70(7,8)9/h10-14,26-40,49-55H,15-24H2,1-9H3,(H,45,56)(H,46,57)(H,47,58)(H,48,59)/t26-,27+,28-,29-,30+,31-,32-,33-,34+,35-,36-,37+,38-,39-,40-/m1/s1. The maximum Gasteiger partial charge on any atom is 0.407 e. The lowest BCUT2D eigenvalue weighted by atomic mass is 9.83. The minimum atomic E-state index is -1.99. The summed E-state index contributed by atoms with van der Waals surface area (Å²) in [6.07, 6.45) is -25.3. The number of nitrogens with one attached hydrogen (secondary N) is 4. The van der Waals surface area contributed by atoms with E-state index >= 15 is 0 Å². The molecule has 400 valence electrons. The molecule has 3 fully saturated rings. The molecule has 1 aromatic carbocycles. The molecule has 0 bridgehead atoms. The van der Waals surface area contributed by atoms with Crippen molar-refractivity contribution in [2.24, 2.45) is 0 Å². The maximum absolute atomic E-state index is 13.5. The average molecular weight is 1050 g/mol. The van der Waals surface area contributed by atoms with Crippen molar-refractivity contribution in [3.8, 4) is 0 Å². The first-order chi connectivity index (χ1) is 32.7. The second-order valence-corrected chi connectivity index (χ2v) is 38.5. The number of hydrogen-bond acceptors (Lipinski definition) is 19. The maximum atomic E-state index is 13.5. The summed E-state index contributed by atoms with van der Waals surface area (Å²) < 4.78 is 45.8. The van der Waals surface area contributed by atoms with Gasteiger partial charge in [-0.25, -0.2) is 19.2 Å². The van der Waals surface area contributed by atoms with Crippen LogP contribution in [-0.4, -0.2) is 209 Å². The Labute approximate surface area is 412 Å². The Hall–Kier alpha value is -3.49. The molecule has 11 N–H and O–H groups in total. The van der Waals surface area contributed by atoms with E-state index in [0.717, 1.165) is 0 Å². The summed E-state index contributed by atoms with van der Waals surface area (Å²) in [7, 11) is -4.98. The highest BCUT2D eigenvalue weighted by Gasteiger charge is 2.54. The van der Waals surface area contributed by atoms with Crippen molar-refractivity contribution >= 4 is 48.6 Å². The first-order valence-corrected chi connectivity index (χ1v) is 34.8. The number of aliphatic hydroxyl groups is 7. The number of hydrogen-bond donors (Lipinski definition) is 11. The van der Waals surface area contributed by atoms with Gasteiger partial charge in [0.15, 0.2) is 12.6 Å². The lowest BCUT2D eigenvalue weighted by Crippen LogP contribution is -2.70. The third-order valence-corrected chi connectivity index (χ3v) is 17.0. The second kappa shape index (κ2) is 26.5. The minimum Gasteiger partial charge on any atom is -0.450 e. The van der Waals surface area contributed by atoms with Crippen molar-refractivity contribution in [3.05, 3.63) is 35.9 Å². The molecule has 2 heterocycles. The van der Waals surface area contributed by atoms with Gasteiger partial charge in [0.05, 0.1) is 44.6 Å². The molecule has 0 radical (unpaired) electrons. The molecule has 2 saturated heterocycles. The zero-order valence-corrected chi connectivity index (χ0v) is 44.6. The molecule has 23 nitrogen and oxygen atoms in total. The first kappa shape index (κ1) is 59.1. The second-order valence-electron chi connectivity index (χ2n) is 21.6. The van der Waals surface area contributed by atoms with Gasteiger partial charge in [0, 0.05) is 30.8 Å². The summed E-state index contributed by atoms with van der Waals surface area (Å²) in [6.45, 7) is 17.6. The highest BCUT2D eigenvalue weighted by atomic mass is 28.3. The number of rotatable bonds is 21. The number of carbonyl (C=O) groups excluding carboxylic acids is 4. The van der Waals surface area contributed by atoms with Crippen molar-refractivity contribution in [1.29, 1.82) is 0 Å². The fourth-order valence-corrected chi connectivity index (χ4v) is 9.73. The molecule has 3 aliphatic rings. The van der Waals surface area contributed by atoms with E-state index in [9.17, 15) is 54.9 Å². The Balaban J connectivity index is 1.65. The van der Waals surface area contributed by atoms with Crippen LogP contribution in [0.1, 0.15) is 12.0 Å². The summed E-state index contributed by atoms with van der Waals surface area (Å²) in [5.41, 5.74) is 0.700. The molecule has 2 aliphatic heterocycles. The number of ether oxygens (including phenoxy) is 8. The SMILES string of the molecule is C[Si](C)(C)CCOC(=O)N[C@@H]1[C@@H](O)[C@@H](O[C@@H]2[C@@H](O)[C@H](O[C@H]3O[C@H](CNC(=O)OCc4ccccc4)[C@@H](O)[C@H](O)[C@H]3O)[C@@H](NC(=O)OCC[Si](C)(C)C)C[C@H]2NC(=O)OCC[Si](C)(C)C)O[C@H](CO)[C@H]1O. The van der Waals surface area contributed by atoms with E-state index in [-0.39, 0.29) is 32.8 Å². The van der Waals surface area contributed by atoms with Crippen LogP contribution in [0.15, 0.2) is 30.3 Å². The van der Waals surface area contributed by atoms with Crippen molar-refractivity contribution in [2.75, 3.05) is 33.0 Å². The normalized spacial score (nSPS) is 31.7. The van der Waals surface area contributed by atoms with E-state index < -0.39 is 153 Å². The number of amides is 4. The summed E-state index contributed by atoms with van der Waals surface area (Å²) in [5.74, 6) is 0. The van der Waals surface area contributed by atoms with Gasteiger partial charge in [-0.2, -0.15) is 0 Å². The van der Waals surface area contributed by atoms with Crippen LogP contribution in [0.3, 0.4) is 0 Å². The van der Waals surface area contributed by atoms with E-state index in [1.165, 1.54) is 0 Å². The van der Waals surface area contributed by atoms with Gasteiger partial charge in [-0.15, -0.1) is 0 Å². The van der Waals surface area contributed by atoms with Crippen LogP contribution in [-0.2, 0) is 44.5 Å². The molecule has 4 amide bonds. The van der Waals surface area contributed by atoms with E-state index in [0.29, 0.717) is 23.7 Å². The van der Waals surface area contributed by atoms with Gasteiger partial charge < -0.3 is 94.9 Å². The fraction of sp³-hybridized carbons (Fsp3) is 0.773. The Bertz CT molecular complexity index is 1810. The van der Waals surface area contributed by atoms with Crippen LogP contribution in [0.5, 0.6) is 0 Å². The lowest BCUT2D eigenvalue weighted by Gasteiger charge is -2.49. The number of benzene rings is 1. The Morgan fingerprint density at radius 2 is 1.01 bits per heavy atom. The summed E-state index contributed by atoms with van der Waals surface area (Å²) in [5, 5.41) is 88.7. The third kappa shape index (κ3) is 18.8. The topological polar surface area (TPSA) is 332 Å². The fourth-order valence-electron chi connectivity index (χ4n) is 7.59. The molecular formula is C44H78N4O19Si3. The Morgan fingerprint density at radius 3 is 1.49 bits per heavy atom. The van der Waals surface area contributed by atoms with Crippen molar-refractivity contribution in [3.63, 3.8) is 0 Å². The molecule has 0 unspecified atom stereocenters. The zero-order chi connectivity index (χ0) is 52.1. The van der Waals surface area contributed by atoms with Gasteiger partial charge in [0.1, 0.15) is 67.6 Å². The lowest BCUT2D eigenvalue weighted by molar-refractivity contribution is -0.334. The summed E-state index contributed by atoms with van der Waals surface area (Å²) in [4.78, 5) is 52.5. The van der Waals surface area contributed by atoms with Crippen LogP contribution < -0.4 is 21.3 Å². The molecular weight excluding hydrogens is 973 g/mol. The van der Waals surface area contributed by atoms with E-state index in [2.05, 4.69) is 80.2 Å². The van der Waals surface area contributed by atoms with Crippen molar-refractivity contribution in [1.82, 2.24) is 21.3 Å². The first-order valence-electron chi connectivity index (χ1n) is 23.7. The van der Waals surface area contributed by atoms with Gasteiger partial charge in [-0.1, -0.05) is 89.3 Å². The quantitative estimate of drug-likeness (QED) is 0.0604. The monoisotopic (exact) mass is 1050 g/mol. The van der Waals surface area contributed by atoms with Crippen molar-refractivity contribution < 1.29 is 92.8 Å². The van der Waals surface area contributed by atoms with Crippen LogP contribution >= 0.6 is 0 Å². The predicted molar refractivity (Wildman–Crippen MR) is 259 cm³/mol. The summed E-state index contributed by atoms with van der Waals surface area (Å²) in [6, 6.07) is 6.48. The van der Waals surface area contributed by atoms with Gasteiger partial charge in [0.2, 0.25) is 0 Å². The molecule has 15 atom stereocenters. The number of alkyl carbamates (subject to hydrolysis) is 4. The van der Waals surface area contributed by atoms with Crippen LogP contribution in [0.25, 0.3) is 0 Å². The van der Waals surface area contributed by atoms with E-state index in [1.54, 1.807) is 30.3 Å². The van der Waals surface area contributed by atoms with Crippen LogP contribution in [0.2, 0.25) is 77.1 Å². The highest BCUT2D eigenvalue weighted by Crippen LogP contribution is 2.33. The molecule has 0 spiro atoms. The smallest absolute Gasteiger partial charge is 0.407 e. The molecule has 26 heteroatoms. The van der Waals surface area contributed by atoms with Gasteiger partial charge in [0.25, 0.3) is 0 Å². The van der Waals surface area contributed by atoms with Gasteiger partial charge in [-0.3, -0.25) is 0 Å². The van der Waals surface area contributed by atoms with E-state index in [4.69, 9.17) is 37.9 Å². The van der Waals surface area contributed by atoms with Gasteiger partial charge in [-0.05, 0) is 30.1 Å². The summed E-state index contributed by atoms with van der Waals surface area (Å²) >= 11 is 0. The Morgan fingerprint density at radius 1 is 0.557 bits per heavy atom. The minimum absolute atomic E-state index is 0.0476. The molecule has 1 aliphatic carbocycles. The molecule has 4 rings (SSSR count). The Kier molecular flexibility index (Phi) is 22.3. The molecule has 1 saturated carbocycles. The third-order valence-electron chi connectivity index (χ3n) is 11.9. The number of aliphatic hydroxyl groups excluding tert-OH is 7. The largest absolute Gasteiger partial charge is 0.450 e. The van der Waals surface area contributed by atoms with E-state index in [1.807, 2.05) is 0 Å². The molecule has 70 heavy (non-hydrogen) atoms. The van der Waals surface area contributed by atoms with Crippen LogP contribution in [0, 0.1) is 0 Å². The van der Waals surface area contributed by atoms with Crippen LogP contribution in [0.4, 0.5) is 19.2 Å².